The van der Waals surface area contributed by atoms with Gasteiger partial charge in [0.2, 0.25) is 0 Å². The Morgan fingerprint density at radius 2 is 1.95 bits per heavy atom. The van der Waals surface area contributed by atoms with Crippen LogP contribution in [0.25, 0.3) is 0 Å². The molecule has 0 aromatic heterocycles. The Balaban J connectivity index is 2.35. The van der Waals surface area contributed by atoms with E-state index in [-0.39, 0.29) is 0 Å². The Morgan fingerprint density at radius 1 is 1.29 bits per heavy atom. The van der Waals surface area contributed by atoms with Crippen molar-refractivity contribution in [3.63, 3.8) is 0 Å². The fourth-order valence-electron chi connectivity index (χ4n) is 2.83. The lowest BCUT2D eigenvalue weighted by molar-refractivity contribution is -0.144. The zero-order valence-corrected chi connectivity index (χ0v) is 12.8. The van der Waals surface area contributed by atoms with Crippen molar-refractivity contribution in [1.29, 1.82) is 0 Å². The van der Waals surface area contributed by atoms with Gasteiger partial charge >= 0.3 is 5.97 Å². The second-order valence-electron chi connectivity index (χ2n) is 5.57. The smallest absolute Gasteiger partial charge is 0.325 e. The van der Waals surface area contributed by atoms with E-state index in [0.717, 1.165) is 25.9 Å². The molecule has 1 heterocycles. The summed E-state index contributed by atoms with van der Waals surface area (Å²) in [5, 5.41) is 9.69. The van der Waals surface area contributed by atoms with Crippen molar-refractivity contribution in [2.45, 2.75) is 25.8 Å². The average Bonchev–Trinajstić information content (AvgIpc) is 2.49. The number of carboxylic acids is 1. The summed E-state index contributed by atoms with van der Waals surface area (Å²) in [6.07, 6.45) is 2.05. The maximum Gasteiger partial charge on any atom is 0.325 e. The van der Waals surface area contributed by atoms with Gasteiger partial charge in [0.05, 0.1) is 14.2 Å². The van der Waals surface area contributed by atoms with Gasteiger partial charge < -0.3 is 14.6 Å². The maximum atomic E-state index is 11.8. The van der Waals surface area contributed by atoms with Gasteiger partial charge in [0.15, 0.2) is 0 Å². The summed E-state index contributed by atoms with van der Waals surface area (Å²) >= 11 is 0. The van der Waals surface area contributed by atoms with E-state index in [4.69, 9.17) is 9.47 Å². The van der Waals surface area contributed by atoms with Crippen molar-refractivity contribution >= 4 is 5.97 Å². The molecule has 1 N–H and O–H groups in total. The van der Waals surface area contributed by atoms with Crippen LogP contribution in [0.3, 0.4) is 0 Å². The Bertz CT molecular complexity index is 495. The summed E-state index contributed by atoms with van der Waals surface area (Å²) in [5.74, 6) is 1.03. The van der Waals surface area contributed by atoms with Gasteiger partial charge in [-0.1, -0.05) is 6.92 Å². The van der Waals surface area contributed by atoms with Crippen LogP contribution in [0.5, 0.6) is 11.5 Å². The van der Waals surface area contributed by atoms with Crippen LogP contribution in [0.1, 0.15) is 31.4 Å². The molecule has 0 amide bonds. The van der Waals surface area contributed by atoms with Gasteiger partial charge in [0.25, 0.3) is 0 Å². The molecule has 5 heteroatoms. The van der Waals surface area contributed by atoms with Crippen molar-refractivity contribution in [2.75, 3.05) is 27.3 Å². The summed E-state index contributed by atoms with van der Waals surface area (Å²) < 4.78 is 10.6. The molecule has 0 aliphatic carbocycles. The number of ether oxygens (including phenoxy) is 2. The first-order valence-corrected chi connectivity index (χ1v) is 7.25. The number of benzene rings is 1. The quantitative estimate of drug-likeness (QED) is 0.904. The van der Waals surface area contributed by atoms with Gasteiger partial charge in [0.1, 0.15) is 17.5 Å². The van der Waals surface area contributed by atoms with Gasteiger partial charge in [-0.05, 0) is 50.0 Å². The van der Waals surface area contributed by atoms with E-state index < -0.39 is 12.0 Å². The molecule has 21 heavy (non-hydrogen) atoms. The number of carbonyl (C=O) groups is 1. The Morgan fingerprint density at radius 3 is 2.48 bits per heavy atom. The lowest BCUT2D eigenvalue weighted by Crippen LogP contribution is -2.39. The van der Waals surface area contributed by atoms with E-state index in [1.807, 2.05) is 4.90 Å². The minimum atomic E-state index is -0.851. The van der Waals surface area contributed by atoms with Crippen molar-refractivity contribution < 1.29 is 19.4 Å². The number of hydrogen-bond acceptors (Lipinski definition) is 4. The van der Waals surface area contributed by atoms with E-state index in [1.54, 1.807) is 32.4 Å². The molecule has 1 aliphatic heterocycles. The second kappa shape index (κ2) is 6.80. The SMILES string of the molecule is COc1ccc(OC)c(C(C(=O)O)N2CCC(C)CC2)c1. The Labute approximate surface area is 125 Å². The molecule has 1 aromatic rings. The van der Waals surface area contributed by atoms with Gasteiger partial charge in [-0.25, -0.2) is 0 Å². The third-order valence-corrected chi connectivity index (χ3v) is 4.15. The minimum absolute atomic E-state index is 0.585. The fraction of sp³-hybridized carbons (Fsp3) is 0.562. The molecule has 116 valence electrons. The monoisotopic (exact) mass is 293 g/mol. The number of rotatable bonds is 5. The first-order chi connectivity index (χ1) is 10.1. The molecule has 0 radical (unpaired) electrons. The van der Waals surface area contributed by atoms with Gasteiger partial charge in [-0.3, -0.25) is 9.69 Å². The highest BCUT2D eigenvalue weighted by Crippen LogP contribution is 2.35. The minimum Gasteiger partial charge on any atom is -0.497 e. The summed E-state index contributed by atoms with van der Waals surface area (Å²) in [5.41, 5.74) is 0.652. The summed E-state index contributed by atoms with van der Waals surface area (Å²) in [6.45, 7) is 3.79. The third-order valence-electron chi connectivity index (χ3n) is 4.15. The fourth-order valence-corrected chi connectivity index (χ4v) is 2.83. The average molecular weight is 293 g/mol. The van der Waals surface area contributed by atoms with E-state index in [0.29, 0.717) is 23.0 Å². The summed E-state index contributed by atoms with van der Waals surface area (Å²) in [6, 6.07) is 4.61. The molecule has 0 spiro atoms. The van der Waals surface area contributed by atoms with Crippen LogP contribution in [-0.2, 0) is 4.79 Å². The first-order valence-electron chi connectivity index (χ1n) is 7.25. The van der Waals surface area contributed by atoms with E-state index in [9.17, 15) is 9.90 Å². The summed E-state index contributed by atoms with van der Waals surface area (Å²) in [4.78, 5) is 13.8. The molecule has 1 aromatic carbocycles. The normalized spacial score (nSPS) is 18.2. The largest absolute Gasteiger partial charge is 0.497 e. The molecule has 1 saturated heterocycles. The van der Waals surface area contributed by atoms with Crippen LogP contribution in [0, 0.1) is 5.92 Å². The molecular formula is C16H23NO4. The zero-order chi connectivity index (χ0) is 15.4. The van der Waals surface area contributed by atoms with E-state index in [2.05, 4.69) is 6.92 Å². The van der Waals surface area contributed by atoms with Crippen LogP contribution in [0.2, 0.25) is 0 Å². The molecule has 1 atom stereocenters. The third kappa shape index (κ3) is 3.47. The topological polar surface area (TPSA) is 59.0 Å². The molecule has 1 aliphatic rings. The van der Waals surface area contributed by atoms with Crippen LogP contribution in [-0.4, -0.2) is 43.3 Å². The van der Waals surface area contributed by atoms with Crippen LogP contribution < -0.4 is 9.47 Å². The highest BCUT2D eigenvalue weighted by molar-refractivity contribution is 5.77. The van der Waals surface area contributed by atoms with E-state index in [1.165, 1.54) is 0 Å². The van der Waals surface area contributed by atoms with Crippen LogP contribution in [0.15, 0.2) is 18.2 Å². The number of piperidine rings is 1. The lowest BCUT2D eigenvalue weighted by atomic mass is 9.95. The number of hydrogen-bond donors (Lipinski definition) is 1. The predicted molar refractivity (Wildman–Crippen MR) is 79.9 cm³/mol. The van der Waals surface area contributed by atoms with Crippen molar-refractivity contribution in [1.82, 2.24) is 4.90 Å². The summed E-state index contributed by atoms with van der Waals surface area (Å²) in [7, 11) is 3.13. The van der Waals surface area contributed by atoms with Gasteiger partial charge in [-0.2, -0.15) is 0 Å². The Kier molecular flexibility index (Phi) is 5.07. The molecule has 0 bridgehead atoms. The number of likely N-dealkylation sites (tertiary alicyclic amines) is 1. The van der Waals surface area contributed by atoms with E-state index >= 15 is 0 Å². The number of aliphatic carboxylic acids is 1. The van der Waals surface area contributed by atoms with Gasteiger partial charge in [0, 0.05) is 5.56 Å². The number of nitrogens with zero attached hydrogens (tertiary/aromatic N) is 1. The molecule has 1 unspecified atom stereocenters. The molecule has 1 fully saturated rings. The highest BCUT2D eigenvalue weighted by Gasteiger charge is 2.32. The number of methoxy groups -OCH3 is 2. The van der Waals surface area contributed by atoms with Gasteiger partial charge in [-0.15, -0.1) is 0 Å². The molecule has 2 rings (SSSR count). The second-order valence-corrected chi connectivity index (χ2v) is 5.57. The molecule has 5 nitrogen and oxygen atoms in total. The standard InChI is InChI=1S/C16H23NO4/c1-11-6-8-17(9-7-11)15(16(18)19)13-10-12(20-2)4-5-14(13)21-3/h4-5,10-11,15H,6-9H2,1-3H3,(H,18,19). The van der Waals surface area contributed by atoms with Crippen LogP contribution >= 0.6 is 0 Å². The van der Waals surface area contributed by atoms with Crippen molar-refractivity contribution in [3.05, 3.63) is 23.8 Å². The molecular weight excluding hydrogens is 270 g/mol. The zero-order valence-electron chi connectivity index (χ0n) is 12.8. The highest BCUT2D eigenvalue weighted by atomic mass is 16.5. The first kappa shape index (κ1) is 15.6. The molecule has 0 saturated carbocycles. The predicted octanol–water partition coefficient (Wildman–Crippen LogP) is 2.56. The van der Waals surface area contributed by atoms with Crippen LogP contribution in [0.4, 0.5) is 0 Å². The number of carboxylic acid groups (broad SMARTS) is 1. The van der Waals surface area contributed by atoms with Crippen molar-refractivity contribution in [3.8, 4) is 11.5 Å². The maximum absolute atomic E-state index is 11.8. The van der Waals surface area contributed by atoms with Crippen molar-refractivity contribution in [2.24, 2.45) is 5.92 Å². The lowest BCUT2D eigenvalue weighted by Gasteiger charge is -2.35. The Hall–Kier alpha value is -1.75.